The van der Waals surface area contributed by atoms with E-state index in [1.54, 1.807) is 0 Å². The number of hydrogen-bond donors (Lipinski definition) is 0. The molecule has 0 aromatic heterocycles. The van der Waals surface area contributed by atoms with Crippen molar-refractivity contribution >= 4 is 34.1 Å². The van der Waals surface area contributed by atoms with Crippen molar-refractivity contribution in [3.8, 4) is 71.0 Å². The number of hydrogen-bond acceptors (Lipinski definition) is 6. The molecule has 0 bridgehead atoms. The Kier molecular flexibility index (Phi) is 17.2. The zero-order valence-electron chi connectivity index (χ0n) is 44.7. The number of azo groups is 3. The summed E-state index contributed by atoms with van der Waals surface area (Å²) in [4.78, 5) is 0. The van der Waals surface area contributed by atoms with Crippen molar-refractivity contribution in [3.63, 3.8) is 0 Å². The monoisotopic (exact) mass is 1030 g/mol. The molecule has 0 unspecified atom stereocenters. The van der Waals surface area contributed by atoms with Gasteiger partial charge in [0.15, 0.2) is 0 Å². The Hall–Kier alpha value is -11.6. The molecule has 0 aliphatic carbocycles. The lowest BCUT2D eigenvalue weighted by Crippen LogP contribution is -1.91. The molecule has 0 saturated heterocycles. The highest BCUT2D eigenvalue weighted by atomic mass is 15.1. The number of rotatable bonds is 6. The largest absolute Gasteiger partial charge is 0.151 e. The van der Waals surface area contributed by atoms with E-state index in [0.29, 0.717) is 33.8 Å². The minimum Gasteiger partial charge on any atom is -0.151 e. The Balaban J connectivity index is 1.10. The molecular weight excluding hydrogens is 985 g/mol. The molecule has 378 valence electrons. The van der Waals surface area contributed by atoms with Gasteiger partial charge in [0.05, 0.1) is 34.1 Å². The smallest absolute Gasteiger partial charge is 0.0882 e. The highest BCUT2D eigenvalue weighted by Gasteiger charge is 2.09. The molecular formula is C75H48N6. The lowest BCUT2D eigenvalue weighted by molar-refractivity contribution is 1.22. The predicted molar refractivity (Wildman–Crippen MR) is 327 cm³/mol. The molecule has 0 fully saturated rings. The molecule has 0 amide bonds. The Morgan fingerprint density at radius 1 is 0.185 bits per heavy atom. The first-order valence-electron chi connectivity index (χ1n) is 26.1. The summed E-state index contributed by atoms with van der Waals surface area (Å²) in [5.41, 5.74) is 16.3. The predicted octanol–water partition coefficient (Wildman–Crippen LogP) is 18.3. The van der Waals surface area contributed by atoms with E-state index in [1.165, 1.54) is 0 Å². The summed E-state index contributed by atoms with van der Waals surface area (Å²) in [5.74, 6) is 40.9. The average molecular weight is 1030 g/mol. The second-order valence-corrected chi connectivity index (χ2v) is 18.5. The van der Waals surface area contributed by atoms with Gasteiger partial charge in [0, 0.05) is 66.8 Å². The van der Waals surface area contributed by atoms with E-state index < -0.39 is 0 Å². The molecule has 10 aromatic carbocycles. The third kappa shape index (κ3) is 15.1. The van der Waals surface area contributed by atoms with Crippen LogP contribution in [0, 0.1) is 91.8 Å². The molecule has 0 aliphatic rings. The fourth-order valence-corrected chi connectivity index (χ4v) is 8.13. The highest BCUT2D eigenvalue weighted by molar-refractivity contribution is 5.66. The lowest BCUT2D eigenvalue weighted by Gasteiger charge is -2.05. The molecule has 0 atom stereocenters. The van der Waals surface area contributed by atoms with Gasteiger partial charge in [-0.3, -0.25) is 0 Å². The van der Waals surface area contributed by atoms with E-state index in [4.69, 9.17) is 0 Å². The third-order valence-electron chi connectivity index (χ3n) is 12.6. The van der Waals surface area contributed by atoms with Gasteiger partial charge < -0.3 is 0 Å². The summed E-state index contributed by atoms with van der Waals surface area (Å²) < 4.78 is 0. The van der Waals surface area contributed by atoms with Gasteiger partial charge >= 0.3 is 0 Å². The summed E-state index contributed by atoms with van der Waals surface area (Å²) in [7, 11) is 0. The molecule has 81 heavy (non-hydrogen) atoms. The Labute approximate surface area is 474 Å². The fourth-order valence-electron chi connectivity index (χ4n) is 8.13. The molecule has 0 radical (unpaired) electrons. The van der Waals surface area contributed by atoms with E-state index in [-0.39, 0.29) is 0 Å². The van der Waals surface area contributed by atoms with Crippen LogP contribution in [-0.2, 0) is 0 Å². The van der Waals surface area contributed by atoms with Crippen LogP contribution in [0.1, 0.15) is 83.5 Å². The van der Waals surface area contributed by atoms with Crippen LogP contribution in [0.4, 0.5) is 34.1 Å². The molecule has 10 rings (SSSR count). The van der Waals surface area contributed by atoms with Crippen molar-refractivity contribution in [2.24, 2.45) is 30.7 Å². The maximum atomic E-state index is 4.64. The number of nitrogens with zero attached hydrogens (tertiary/aromatic N) is 6. The van der Waals surface area contributed by atoms with Gasteiger partial charge in [0.2, 0.25) is 0 Å². The van der Waals surface area contributed by atoms with E-state index in [2.05, 4.69) is 102 Å². The van der Waals surface area contributed by atoms with E-state index in [9.17, 15) is 0 Å². The minimum absolute atomic E-state index is 0.625. The molecule has 0 spiro atoms. The topological polar surface area (TPSA) is 74.2 Å². The molecule has 10 aromatic rings. The van der Waals surface area contributed by atoms with Crippen molar-refractivity contribution in [1.82, 2.24) is 0 Å². The summed E-state index contributed by atoms with van der Waals surface area (Å²) in [6.07, 6.45) is 0. The SMILES string of the molecule is Cc1c(C#Cc2ccccc2)cc(N=Nc2ccccc2)cc1C#Cc1cc(C#Cc2cc(N=Nc3ccccc3)cc(C#Cc3ccccc3)c2C)cc(C#Cc2cc(N=Nc3ccccc3)cc(C#Cc3ccccc3)c2C)c1. The Bertz CT molecular complexity index is 3950. The van der Waals surface area contributed by atoms with Crippen molar-refractivity contribution < 1.29 is 0 Å². The van der Waals surface area contributed by atoms with Crippen molar-refractivity contribution in [2.75, 3.05) is 0 Å². The van der Waals surface area contributed by atoms with Gasteiger partial charge in [0.1, 0.15) is 0 Å². The van der Waals surface area contributed by atoms with Crippen LogP contribution in [0.3, 0.4) is 0 Å². The van der Waals surface area contributed by atoms with Gasteiger partial charge in [-0.05, 0) is 165 Å². The summed E-state index contributed by atoms with van der Waals surface area (Å²) in [5, 5.41) is 27.5. The molecule has 0 N–H and O–H groups in total. The summed E-state index contributed by atoms with van der Waals surface area (Å²) in [6, 6.07) is 76.2. The Morgan fingerprint density at radius 2 is 0.370 bits per heavy atom. The van der Waals surface area contributed by atoms with Crippen LogP contribution >= 0.6 is 0 Å². The van der Waals surface area contributed by atoms with Gasteiger partial charge in [-0.1, -0.05) is 180 Å². The third-order valence-corrected chi connectivity index (χ3v) is 12.6. The summed E-state index contributed by atoms with van der Waals surface area (Å²) in [6.45, 7) is 6.08. The zero-order chi connectivity index (χ0) is 55.4. The van der Waals surface area contributed by atoms with E-state index >= 15 is 0 Å². The maximum Gasteiger partial charge on any atom is 0.0882 e. The van der Waals surface area contributed by atoms with Gasteiger partial charge in [-0.25, -0.2) is 0 Å². The first-order chi connectivity index (χ1) is 39.8. The lowest BCUT2D eigenvalue weighted by atomic mass is 9.99. The fraction of sp³-hybridized carbons (Fsp3) is 0.0400. The first-order valence-corrected chi connectivity index (χ1v) is 26.1. The standard InChI is InChI=1S/C75H48N6/c1-55-64(40-34-58-22-10-4-11-23-58)49-73(79-76-70-28-16-7-17-29-70)52-67(55)43-37-61-46-62(38-44-68-53-74(80-77-71-30-18-8-19-31-71)50-65(56(68)2)41-35-59-24-12-5-13-25-59)48-63(47-61)39-45-69-54-75(81-78-72-32-20-9-21-33-72)51-66(57(69)3)42-36-60-26-14-6-15-27-60/h4-33,46-54H,1-3H3. The highest BCUT2D eigenvalue weighted by Crippen LogP contribution is 2.28. The summed E-state index contributed by atoms with van der Waals surface area (Å²) >= 11 is 0. The van der Waals surface area contributed by atoms with Crippen LogP contribution in [0.2, 0.25) is 0 Å². The second-order valence-electron chi connectivity index (χ2n) is 18.5. The average Bonchev–Trinajstić information content (AvgIpc) is 3.52. The molecule has 0 aliphatic heterocycles. The second kappa shape index (κ2) is 26.4. The van der Waals surface area contributed by atoms with Crippen molar-refractivity contribution in [1.29, 1.82) is 0 Å². The normalized spacial score (nSPS) is 10.4. The van der Waals surface area contributed by atoms with Gasteiger partial charge in [0.25, 0.3) is 0 Å². The zero-order valence-corrected chi connectivity index (χ0v) is 44.7. The van der Waals surface area contributed by atoms with Gasteiger partial charge in [-0.2, -0.15) is 30.7 Å². The Morgan fingerprint density at radius 3 is 0.593 bits per heavy atom. The minimum atomic E-state index is 0.625. The van der Waals surface area contributed by atoms with Crippen LogP contribution < -0.4 is 0 Å². The first kappa shape index (κ1) is 52.8. The molecule has 0 heterocycles. The molecule has 0 saturated carbocycles. The quantitative estimate of drug-likeness (QED) is 0.118. The molecule has 6 nitrogen and oxygen atoms in total. The van der Waals surface area contributed by atoms with Crippen molar-refractivity contribution in [2.45, 2.75) is 20.8 Å². The van der Waals surface area contributed by atoms with Crippen LogP contribution in [0.15, 0.2) is 267 Å². The van der Waals surface area contributed by atoms with E-state index in [0.717, 1.165) is 83.8 Å². The molecule has 6 heteroatoms. The van der Waals surface area contributed by atoms with Crippen LogP contribution in [0.5, 0.6) is 0 Å². The van der Waals surface area contributed by atoms with Crippen LogP contribution in [-0.4, -0.2) is 0 Å². The maximum absolute atomic E-state index is 4.64. The number of benzene rings is 10. The van der Waals surface area contributed by atoms with Crippen molar-refractivity contribution in [3.05, 3.63) is 320 Å². The van der Waals surface area contributed by atoms with Crippen LogP contribution in [0.25, 0.3) is 0 Å². The van der Waals surface area contributed by atoms with E-state index in [1.807, 2.05) is 257 Å². The van der Waals surface area contributed by atoms with Gasteiger partial charge in [-0.15, -0.1) is 0 Å².